The second-order valence-electron chi connectivity index (χ2n) is 4.81. The Labute approximate surface area is 112 Å². The van der Waals surface area contributed by atoms with Crippen LogP contribution in [-0.4, -0.2) is 19.4 Å². The molecular formula is C11H19N3O2S2. The molecule has 102 valence electrons. The van der Waals surface area contributed by atoms with Crippen LogP contribution in [-0.2, 0) is 10.0 Å². The smallest absolute Gasteiger partial charge is 0.249 e. The van der Waals surface area contributed by atoms with E-state index in [4.69, 9.17) is 5.14 Å². The maximum Gasteiger partial charge on any atom is 0.249 e. The van der Waals surface area contributed by atoms with Crippen molar-refractivity contribution in [2.75, 3.05) is 5.32 Å². The van der Waals surface area contributed by atoms with Crippen molar-refractivity contribution >= 4 is 26.5 Å². The van der Waals surface area contributed by atoms with Crippen molar-refractivity contribution in [2.45, 2.75) is 49.3 Å². The molecule has 2 unspecified atom stereocenters. The molecule has 7 heteroatoms. The second-order valence-corrected chi connectivity index (χ2v) is 7.63. The fraction of sp³-hybridized carbons (Fsp3) is 0.727. The summed E-state index contributed by atoms with van der Waals surface area (Å²) in [4.78, 5) is 4.08. The van der Waals surface area contributed by atoms with Gasteiger partial charge in [0, 0.05) is 6.04 Å². The van der Waals surface area contributed by atoms with Gasteiger partial charge in [-0.15, -0.1) is 0 Å². The van der Waals surface area contributed by atoms with Crippen LogP contribution in [0.2, 0.25) is 0 Å². The van der Waals surface area contributed by atoms with Crippen LogP contribution in [0, 0.1) is 5.92 Å². The number of aromatic nitrogens is 1. The molecule has 1 aliphatic rings. The van der Waals surface area contributed by atoms with Crippen LogP contribution in [0.15, 0.2) is 10.4 Å². The van der Waals surface area contributed by atoms with Crippen molar-refractivity contribution in [3.63, 3.8) is 0 Å². The summed E-state index contributed by atoms with van der Waals surface area (Å²) < 4.78 is 22.4. The van der Waals surface area contributed by atoms with Crippen molar-refractivity contribution < 1.29 is 8.42 Å². The molecule has 2 atom stereocenters. The minimum Gasteiger partial charge on any atom is -0.359 e. The maximum atomic E-state index is 11.2. The number of primary sulfonamides is 1. The summed E-state index contributed by atoms with van der Waals surface area (Å²) in [5.74, 6) is 0.772. The van der Waals surface area contributed by atoms with Crippen molar-refractivity contribution in [1.29, 1.82) is 0 Å². The number of rotatable bonds is 4. The Kier molecular flexibility index (Phi) is 4.24. The molecule has 5 nitrogen and oxygen atoms in total. The number of nitrogens with one attached hydrogen (secondary N) is 1. The molecule has 0 spiro atoms. The van der Waals surface area contributed by atoms with Gasteiger partial charge in [0.2, 0.25) is 10.0 Å². The summed E-state index contributed by atoms with van der Waals surface area (Å²) in [5, 5.41) is 9.04. The molecule has 1 aliphatic carbocycles. The van der Waals surface area contributed by atoms with Crippen molar-refractivity contribution in [1.82, 2.24) is 4.98 Å². The molecule has 3 N–H and O–H groups in total. The standard InChI is InChI=1S/C11H19N3O2S2/c1-2-8-4-3-5-9(6-8)14-11-13-7-10(17-11)18(12,15)16/h7-9H,2-6H2,1H3,(H,13,14)(H2,12,15,16). The summed E-state index contributed by atoms with van der Waals surface area (Å²) in [6.07, 6.45) is 7.32. The third-order valence-corrected chi connectivity index (χ3v) is 5.79. The predicted molar refractivity (Wildman–Crippen MR) is 73.1 cm³/mol. The Morgan fingerprint density at radius 1 is 1.56 bits per heavy atom. The first-order chi connectivity index (χ1) is 8.49. The van der Waals surface area contributed by atoms with Crippen LogP contribution in [0.25, 0.3) is 0 Å². The number of nitrogens with zero attached hydrogens (tertiary/aromatic N) is 1. The fourth-order valence-electron chi connectivity index (χ4n) is 2.43. The lowest BCUT2D eigenvalue weighted by molar-refractivity contribution is 0.327. The summed E-state index contributed by atoms with van der Waals surface area (Å²) in [5.41, 5.74) is 0. The van der Waals surface area contributed by atoms with Gasteiger partial charge in [-0.25, -0.2) is 18.5 Å². The lowest BCUT2D eigenvalue weighted by Crippen LogP contribution is -2.26. The van der Waals surface area contributed by atoms with Gasteiger partial charge in [-0.05, 0) is 18.8 Å². The molecule has 1 saturated carbocycles. The van der Waals surface area contributed by atoms with Gasteiger partial charge in [-0.1, -0.05) is 37.5 Å². The Morgan fingerprint density at radius 2 is 2.33 bits per heavy atom. The lowest BCUT2D eigenvalue weighted by atomic mass is 9.84. The van der Waals surface area contributed by atoms with E-state index < -0.39 is 10.0 Å². The van der Waals surface area contributed by atoms with Crippen molar-refractivity contribution in [2.24, 2.45) is 11.1 Å². The van der Waals surface area contributed by atoms with E-state index in [1.807, 2.05) is 0 Å². The molecule has 18 heavy (non-hydrogen) atoms. The largest absolute Gasteiger partial charge is 0.359 e. The van der Waals surface area contributed by atoms with Gasteiger partial charge >= 0.3 is 0 Å². The van der Waals surface area contributed by atoms with Crippen LogP contribution >= 0.6 is 11.3 Å². The number of hydrogen-bond acceptors (Lipinski definition) is 5. The molecule has 1 fully saturated rings. The molecule has 1 heterocycles. The van der Waals surface area contributed by atoms with E-state index in [9.17, 15) is 8.42 Å². The molecule has 0 amide bonds. The SMILES string of the molecule is CCC1CCCC(Nc2ncc(S(N)(=O)=O)s2)C1. The predicted octanol–water partition coefficient (Wildman–Crippen LogP) is 2.17. The average Bonchev–Trinajstić information content (AvgIpc) is 2.77. The Hall–Kier alpha value is -0.660. The molecular weight excluding hydrogens is 270 g/mol. The van der Waals surface area contributed by atoms with E-state index in [1.165, 1.54) is 25.5 Å². The minimum atomic E-state index is -3.62. The van der Waals surface area contributed by atoms with Gasteiger partial charge in [-0.2, -0.15) is 0 Å². The molecule has 0 radical (unpaired) electrons. The second kappa shape index (κ2) is 5.54. The Morgan fingerprint density at radius 3 is 2.94 bits per heavy atom. The van der Waals surface area contributed by atoms with Gasteiger partial charge in [0.1, 0.15) is 0 Å². The average molecular weight is 289 g/mol. The van der Waals surface area contributed by atoms with E-state index in [1.54, 1.807) is 0 Å². The van der Waals surface area contributed by atoms with Crippen LogP contribution in [0.1, 0.15) is 39.0 Å². The van der Waals surface area contributed by atoms with E-state index in [2.05, 4.69) is 17.2 Å². The fourth-order valence-corrected chi connectivity index (χ4v) is 3.95. The number of nitrogens with two attached hydrogens (primary N) is 1. The van der Waals surface area contributed by atoms with Crippen molar-refractivity contribution in [3.8, 4) is 0 Å². The summed E-state index contributed by atoms with van der Waals surface area (Å²) in [6, 6.07) is 0.406. The number of thiazole rings is 1. The first kappa shape index (κ1) is 13.8. The topological polar surface area (TPSA) is 85.1 Å². The van der Waals surface area contributed by atoms with Gasteiger partial charge in [0.15, 0.2) is 9.34 Å². The van der Waals surface area contributed by atoms with E-state index >= 15 is 0 Å². The molecule has 0 aliphatic heterocycles. The van der Waals surface area contributed by atoms with E-state index in [0.717, 1.165) is 30.1 Å². The molecule has 0 bridgehead atoms. The first-order valence-corrected chi connectivity index (χ1v) is 8.60. The van der Waals surface area contributed by atoms with Gasteiger partial charge in [0.25, 0.3) is 0 Å². The van der Waals surface area contributed by atoms with Crippen LogP contribution in [0.5, 0.6) is 0 Å². The maximum absolute atomic E-state index is 11.2. The Balaban J connectivity index is 1.99. The number of sulfonamides is 1. The molecule has 1 aromatic heterocycles. The zero-order valence-electron chi connectivity index (χ0n) is 10.4. The third-order valence-electron chi connectivity index (χ3n) is 3.45. The highest BCUT2D eigenvalue weighted by atomic mass is 32.2. The van der Waals surface area contributed by atoms with Gasteiger partial charge in [0.05, 0.1) is 6.20 Å². The Bertz CT molecular complexity index is 498. The highest BCUT2D eigenvalue weighted by Gasteiger charge is 2.22. The van der Waals surface area contributed by atoms with Crippen LogP contribution < -0.4 is 10.5 Å². The zero-order valence-corrected chi connectivity index (χ0v) is 12.1. The summed E-state index contributed by atoms with van der Waals surface area (Å²) in [6.45, 7) is 2.22. The normalized spacial score (nSPS) is 25.0. The quantitative estimate of drug-likeness (QED) is 0.889. The summed E-state index contributed by atoms with van der Waals surface area (Å²) >= 11 is 1.11. The molecule has 0 saturated heterocycles. The summed E-state index contributed by atoms with van der Waals surface area (Å²) in [7, 11) is -3.62. The minimum absolute atomic E-state index is 0.118. The van der Waals surface area contributed by atoms with Crippen LogP contribution in [0.3, 0.4) is 0 Å². The first-order valence-electron chi connectivity index (χ1n) is 6.24. The van der Waals surface area contributed by atoms with Crippen LogP contribution in [0.4, 0.5) is 5.13 Å². The number of hydrogen-bond donors (Lipinski definition) is 2. The third kappa shape index (κ3) is 3.43. The van der Waals surface area contributed by atoms with Gasteiger partial charge < -0.3 is 5.32 Å². The molecule has 1 aromatic rings. The zero-order chi connectivity index (χ0) is 13.2. The van der Waals surface area contributed by atoms with E-state index in [0.29, 0.717) is 11.2 Å². The highest BCUT2D eigenvalue weighted by molar-refractivity contribution is 7.91. The number of anilines is 1. The van der Waals surface area contributed by atoms with Gasteiger partial charge in [-0.3, -0.25) is 0 Å². The monoisotopic (exact) mass is 289 g/mol. The van der Waals surface area contributed by atoms with Crippen molar-refractivity contribution in [3.05, 3.63) is 6.20 Å². The lowest BCUT2D eigenvalue weighted by Gasteiger charge is -2.28. The molecule has 0 aromatic carbocycles. The van der Waals surface area contributed by atoms with E-state index in [-0.39, 0.29) is 4.21 Å². The molecule has 2 rings (SSSR count). The highest BCUT2D eigenvalue weighted by Crippen LogP contribution is 2.30.